The topological polar surface area (TPSA) is 65.7 Å². The van der Waals surface area contributed by atoms with Gasteiger partial charge in [-0.25, -0.2) is 0 Å². The molecule has 25 heavy (non-hydrogen) atoms. The van der Waals surface area contributed by atoms with Crippen molar-refractivity contribution in [1.29, 1.82) is 0 Å². The molecule has 2 aliphatic rings. The van der Waals surface area contributed by atoms with Crippen molar-refractivity contribution in [2.24, 2.45) is 0 Å². The van der Waals surface area contributed by atoms with E-state index in [9.17, 15) is 4.79 Å². The molecule has 4 heterocycles. The van der Waals surface area contributed by atoms with Crippen molar-refractivity contribution >= 4 is 5.91 Å². The lowest BCUT2D eigenvalue weighted by atomic mass is 10.1. The zero-order valence-electron chi connectivity index (χ0n) is 14.5. The first-order valence-electron chi connectivity index (χ1n) is 8.87. The Morgan fingerprint density at radius 3 is 2.76 bits per heavy atom. The second-order valence-corrected chi connectivity index (χ2v) is 6.65. The molecule has 7 heteroatoms. The zero-order valence-corrected chi connectivity index (χ0v) is 14.5. The van der Waals surface area contributed by atoms with Gasteiger partial charge in [-0.1, -0.05) is 12.1 Å². The molecule has 0 radical (unpaired) electrons. The lowest BCUT2D eigenvalue weighted by Gasteiger charge is -2.47. The second-order valence-electron chi connectivity index (χ2n) is 6.65. The highest BCUT2D eigenvalue weighted by Crippen LogP contribution is 2.23. The van der Waals surface area contributed by atoms with Crippen LogP contribution in [-0.2, 0) is 0 Å². The number of piperazine rings is 1. The molecular weight excluding hydrogens is 318 g/mol. The van der Waals surface area contributed by atoms with E-state index in [0.29, 0.717) is 17.5 Å². The summed E-state index contributed by atoms with van der Waals surface area (Å²) >= 11 is 0. The van der Waals surface area contributed by atoms with Gasteiger partial charge in [0.1, 0.15) is 0 Å². The first kappa shape index (κ1) is 16.2. The van der Waals surface area contributed by atoms with E-state index in [1.54, 1.807) is 18.5 Å². The highest BCUT2D eigenvalue weighted by molar-refractivity contribution is 5.93. The number of nitrogens with zero attached hydrogens (tertiary/aromatic N) is 5. The molecule has 0 unspecified atom stereocenters. The summed E-state index contributed by atoms with van der Waals surface area (Å²) in [7, 11) is 0. The van der Waals surface area contributed by atoms with Crippen molar-refractivity contribution < 1.29 is 9.32 Å². The van der Waals surface area contributed by atoms with Crippen molar-refractivity contribution in [1.82, 2.24) is 24.8 Å². The number of hydrogen-bond donors (Lipinski definition) is 0. The number of likely N-dealkylation sites (tertiary alicyclic amines) is 1. The minimum absolute atomic E-state index is 0.0534. The van der Waals surface area contributed by atoms with Crippen LogP contribution in [0.25, 0.3) is 11.3 Å². The van der Waals surface area contributed by atoms with E-state index >= 15 is 0 Å². The van der Waals surface area contributed by atoms with Crippen LogP contribution in [0.15, 0.2) is 35.1 Å². The van der Waals surface area contributed by atoms with E-state index in [2.05, 4.69) is 26.9 Å². The van der Waals surface area contributed by atoms with Crippen LogP contribution in [0.4, 0.5) is 0 Å². The molecule has 2 fully saturated rings. The van der Waals surface area contributed by atoms with E-state index < -0.39 is 0 Å². The molecule has 0 atom stereocenters. The van der Waals surface area contributed by atoms with Crippen molar-refractivity contribution in [2.75, 3.05) is 45.8 Å². The highest BCUT2D eigenvalue weighted by Gasteiger charge is 2.37. The predicted octanol–water partition coefficient (Wildman–Crippen LogP) is 1.20. The smallest absolute Gasteiger partial charge is 0.276 e. The van der Waals surface area contributed by atoms with Crippen LogP contribution < -0.4 is 0 Å². The maximum absolute atomic E-state index is 12.6. The fourth-order valence-corrected chi connectivity index (χ4v) is 3.48. The average Bonchev–Trinajstić information content (AvgIpc) is 3.12. The Labute approximate surface area is 147 Å². The van der Waals surface area contributed by atoms with Crippen LogP contribution in [0, 0.1) is 0 Å². The third-order valence-electron chi connectivity index (χ3n) is 5.20. The van der Waals surface area contributed by atoms with Crippen LogP contribution in [0.3, 0.4) is 0 Å². The number of pyridine rings is 1. The van der Waals surface area contributed by atoms with Gasteiger partial charge in [-0.2, -0.15) is 0 Å². The van der Waals surface area contributed by atoms with Crippen LogP contribution in [-0.4, -0.2) is 82.6 Å². The molecule has 2 aliphatic heterocycles. The summed E-state index contributed by atoms with van der Waals surface area (Å²) in [6.07, 6.45) is 3.40. The number of carbonyl (C=O) groups excluding carboxylic acids is 1. The number of aromatic nitrogens is 2. The number of likely N-dealkylation sites (N-methyl/N-ethyl adjacent to an activating group) is 1. The molecule has 0 bridgehead atoms. The highest BCUT2D eigenvalue weighted by atomic mass is 16.5. The molecule has 7 nitrogen and oxygen atoms in total. The molecule has 0 aliphatic carbocycles. The monoisotopic (exact) mass is 341 g/mol. The number of rotatable bonds is 4. The largest absolute Gasteiger partial charge is 0.355 e. The Balaban J connectivity index is 1.32. The third kappa shape index (κ3) is 3.29. The Hall–Kier alpha value is -2.25. The fraction of sp³-hybridized carbons (Fsp3) is 0.500. The van der Waals surface area contributed by atoms with Gasteiger partial charge >= 0.3 is 0 Å². The molecule has 2 aromatic heterocycles. The summed E-state index contributed by atoms with van der Waals surface area (Å²) in [5, 5.41) is 3.94. The van der Waals surface area contributed by atoms with Crippen molar-refractivity contribution in [3.05, 3.63) is 36.3 Å². The molecule has 0 N–H and O–H groups in total. The molecule has 0 aromatic carbocycles. The molecule has 1 amide bonds. The van der Waals surface area contributed by atoms with Gasteiger partial charge in [0.25, 0.3) is 5.91 Å². The summed E-state index contributed by atoms with van der Waals surface area (Å²) in [5.74, 6) is 0.520. The summed E-state index contributed by atoms with van der Waals surface area (Å²) in [6, 6.07) is 5.90. The Morgan fingerprint density at radius 2 is 2.08 bits per heavy atom. The van der Waals surface area contributed by atoms with Crippen LogP contribution in [0.1, 0.15) is 17.4 Å². The Morgan fingerprint density at radius 1 is 1.28 bits per heavy atom. The van der Waals surface area contributed by atoms with Crippen LogP contribution in [0.2, 0.25) is 0 Å². The standard InChI is InChI=1S/C18H23N5O2/c1-2-21-6-8-22(9-7-21)15-12-23(13-15)18(24)16-10-17(25-20-16)14-4-3-5-19-11-14/h3-5,10-11,15H,2,6-9,12-13H2,1H3. The summed E-state index contributed by atoms with van der Waals surface area (Å²) < 4.78 is 5.30. The zero-order chi connectivity index (χ0) is 17.2. The van der Waals surface area contributed by atoms with Crippen LogP contribution >= 0.6 is 0 Å². The van der Waals surface area contributed by atoms with Gasteiger partial charge in [0.2, 0.25) is 0 Å². The molecule has 132 valence electrons. The van der Waals surface area contributed by atoms with Gasteiger partial charge in [-0.05, 0) is 18.7 Å². The summed E-state index contributed by atoms with van der Waals surface area (Å²) in [4.78, 5) is 23.4. The fourth-order valence-electron chi connectivity index (χ4n) is 3.48. The van der Waals surface area contributed by atoms with Crippen molar-refractivity contribution in [3.8, 4) is 11.3 Å². The minimum atomic E-state index is -0.0534. The lowest BCUT2D eigenvalue weighted by Crippen LogP contribution is -2.64. The first-order chi connectivity index (χ1) is 12.2. The average molecular weight is 341 g/mol. The molecule has 2 aromatic rings. The number of hydrogen-bond acceptors (Lipinski definition) is 6. The van der Waals surface area contributed by atoms with Gasteiger partial charge in [-0.15, -0.1) is 0 Å². The first-order valence-corrected chi connectivity index (χ1v) is 8.87. The molecule has 4 rings (SSSR count). The van der Waals surface area contributed by atoms with E-state index in [1.807, 2.05) is 17.0 Å². The van der Waals surface area contributed by atoms with Crippen molar-refractivity contribution in [2.45, 2.75) is 13.0 Å². The van der Waals surface area contributed by atoms with Crippen LogP contribution in [0.5, 0.6) is 0 Å². The van der Waals surface area contributed by atoms with Gasteiger partial charge in [0.15, 0.2) is 11.5 Å². The lowest BCUT2D eigenvalue weighted by molar-refractivity contribution is 0.00787. The second kappa shape index (κ2) is 6.93. The number of amides is 1. The summed E-state index contributed by atoms with van der Waals surface area (Å²) in [6.45, 7) is 9.31. The minimum Gasteiger partial charge on any atom is -0.355 e. The molecule has 2 saturated heterocycles. The van der Waals surface area contributed by atoms with E-state index in [-0.39, 0.29) is 5.91 Å². The number of carbonyl (C=O) groups is 1. The maximum atomic E-state index is 12.6. The summed E-state index contributed by atoms with van der Waals surface area (Å²) in [5.41, 5.74) is 1.19. The van der Waals surface area contributed by atoms with E-state index in [4.69, 9.17) is 4.52 Å². The van der Waals surface area contributed by atoms with E-state index in [1.165, 1.54) is 0 Å². The van der Waals surface area contributed by atoms with Gasteiger partial charge in [0, 0.05) is 69.3 Å². The Bertz CT molecular complexity index is 718. The third-order valence-corrected chi connectivity index (χ3v) is 5.20. The quantitative estimate of drug-likeness (QED) is 0.832. The predicted molar refractivity (Wildman–Crippen MR) is 93.1 cm³/mol. The van der Waals surface area contributed by atoms with Crippen molar-refractivity contribution in [3.63, 3.8) is 0 Å². The molecule has 0 spiro atoms. The maximum Gasteiger partial charge on any atom is 0.276 e. The van der Waals surface area contributed by atoms with Gasteiger partial charge in [0.05, 0.1) is 0 Å². The van der Waals surface area contributed by atoms with E-state index in [0.717, 1.165) is 51.4 Å². The van der Waals surface area contributed by atoms with Gasteiger partial charge < -0.3 is 14.3 Å². The molecule has 0 saturated carbocycles. The normalized spacial score (nSPS) is 19.8. The van der Waals surface area contributed by atoms with Gasteiger partial charge in [-0.3, -0.25) is 14.7 Å². The molecular formula is C18H23N5O2. The SMILES string of the molecule is CCN1CCN(C2CN(C(=O)c3cc(-c4cccnc4)on3)C2)CC1. The Kier molecular flexibility index (Phi) is 4.50.